The Morgan fingerprint density at radius 3 is 2.53 bits per heavy atom. The molecule has 0 fully saturated rings. The lowest BCUT2D eigenvalue weighted by atomic mass is 9.97. The van der Waals surface area contributed by atoms with Crippen molar-refractivity contribution in [3.8, 4) is 5.75 Å². The Kier molecular flexibility index (Phi) is 4.00. The summed E-state index contributed by atoms with van der Waals surface area (Å²) in [5, 5.41) is 2.40. The highest BCUT2D eigenvalue weighted by molar-refractivity contribution is 5.95. The van der Waals surface area contributed by atoms with Gasteiger partial charge in [0.1, 0.15) is 5.75 Å². The van der Waals surface area contributed by atoms with Gasteiger partial charge in [-0.25, -0.2) is 0 Å². The normalized spacial score (nSPS) is 11.8. The van der Waals surface area contributed by atoms with Gasteiger partial charge in [-0.3, -0.25) is 4.99 Å². The monoisotopic (exact) mass is 253 g/mol. The van der Waals surface area contributed by atoms with E-state index in [1.54, 1.807) is 20.4 Å². The van der Waals surface area contributed by atoms with E-state index in [4.69, 9.17) is 4.74 Å². The molecule has 2 nitrogen and oxygen atoms in total. The summed E-state index contributed by atoms with van der Waals surface area (Å²) in [7, 11) is 3.50. The second-order valence-electron chi connectivity index (χ2n) is 4.56. The number of aliphatic imine (C=N–C) groups is 1. The van der Waals surface area contributed by atoms with E-state index >= 15 is 0 Å². The van der Waals surface area contributed by atoms with E-state index < -0.39 is 0 Å². The molecule has 0 unspecified atom stereocenters. The number of rotatable bonds is 3. The highest BCUT2D eigenvalue weighted by Gasteiger charge is 2.09. The fourth-order valence-corrected chi connectivity index (χ4v) is 2.35. The van der Waals surface area contributed by atoms with Crippen LogP contribution in [-0.2, 0) is 0 Å². The minimum atomic E-state index is 0.967. The number of hydrogen-bond acceptors (Lipinski definition) is 2. The van der Waals surface area contributed by atoms with Crippen LogP contribution < -0.4 is 4.74 Å². The van der Waals surface area contributed by atoms with Crippen molar-refractivity contribution in [3.05, 3.63) is 47.0 Å². The highest BCUT2D eigenvalue weighted by Crippen LogP contribution is 2.33. The van der Waals surface area contributed by atoms with E-state index in [9.17, 15) is 0 Å². The molecule has 0 amide bonds. The van der Waals surface area contributed by atoms with Crippen molar-refractivity contribution in [2.45, 2.75) is 13.8 Å². The minimum absolute atomic E-state index is 0.967. The fourth-order valence-electron chi connectivity index (χ4n) is 2.35. The van der Waals surface area contributed by atoms with E-state index in [1.165, 1.54) is 21.9 Å². The summed E-state index contributed by atoms with van der Waals surface area (Å²) < 4.78 is 5.57. The van der Waals surface area contributed by atoms with Gasteiger partial charge in [-0.05, 0) is 42.0 Å². The molecule has 0 heterocycles. The molecule has 19 heavy (non-hydrogen) atoms. The maximum Gasteiger partial charge on any atom is 0.129 e. The molecule has 2 heteroatoms. The van der Waals surface area contributed by atoms with Crippen molar-refractivity contribution in [1.82, 2.24) is 0 Å². The summed E-state index contributed by atoms with van der Waals surface area (Å²) in [6, 6.07) is 8.50. The summed E-state index contributed by atoms with van der Waals surface area (Å²) in [5.41, 5.74) is 3.59. The van der Waals surface area contributed by atoms with Crippen LogP contribution in [0.2, 0.25) is 0 Å². The molecular weight excluding hydrogens is 234 g/mol. The van der Waals surface area contributed by atoms with Gasteiger partial charge in [-0.15, -0.1) is 0 Å². The van der Waals surface area contributed by atoms with Gasteiger partial charge in [-0.2, -0.15) is 0 Å². The molecule has 0 radical (unpaired) electrons. The molecule has 0 atom stereocenters. The van der Waals surface area contributed by atoms with Gasteiger partial charge in [0.25, 0.3) is 0 Å². The third-order valence-electron chi connectivity index (χ3n) is 3.35. The first-order valence-electron chi connectivity index (χ1n) is 6.34. The van der Waals surface area contributed by atoms with E-state index in [0.717, 1.165) is 11.3 Å². The van der Waals surface area contributed by atoms with Crippen LogP contribution in [-0.4, -0.2) is 20.4 Å². The zero-order valence-electron chi connectivity index (χ0n) is 11.9. The zero-order chi connectivity index (χ0) is 13.8. The van der Waals surface area contributed by atoms with Crippen LogP contribution in [0.3, 0.4) is 0 Å². The number of nitrogens with zero attached hydrogens (tertiary/aromatic N) is 1. The van der Waals surface area contributed by atoms with E-state index in [-0.39, 0.29) is 0 Å². The van der Waals surface area contributed by atoms with Crippen molar-refractivity contribution < 1.29 is 4.74 Å². The fraction of sp³-hybridized carbons (Fsp3) is 0.235. The van der Waals surface area contributed by atoms with Gasteiger partial charge in [0.2, 0.25) is 0 Å². The van der Waals surface area contributed by atoms with Crippen LogP contribution in [0.5, 0.6) is 5.75 Å². The molecule has 0 saturated heterocycles. The lowest BCUT2D eigenvalue weighted by molar-refractivity contribution is 0.416. The Balaban J connectivity index is 2.68. The molecule has 2 aromatic carbocycles. The summed E-state index contributed by atoms with van der Waals surface area (Å²) in [6.45, 7) is 4.21. The Morgan fingerprint density at radius 2 is 1.84 bits per heavy atom. The summed E-state index contributed by atoms with van der Waals surface area (Å²) in [4.78, 5) is 3.95. The number of methoxy groups -OCH3 is 1. The molecule has 98 valence electrons. The molecule has 0 saturated carbocycles. The quantitative estimate of drug-likeness (QED) is 0.752. The number of hydrogen-bond donors (Lipinski definition) is 0. The number of fused-ring (bicyclic) bond motifs is 1. The van der Waals surface area contributed by atoms with E-state index in [0.29, 0.717) is 0 Å². The predicted octanol–water partition coefficient (Wildman–Crippen LogP) is 4.18. The van der Waals surface area contributed by atoms with Gasteiger partial charge in [0.15, 0.2) is 0 Å². The smallest absolute Gasteiger partial charge is 0.129 e. The molecule has 0 aliphatic rings. The molecular formula is C17H19NO. The Morgan fingerprint density at radius 1 is 1.11 bits per heavy atom. The van der Waals surface area contributed by atoms with Crippen molar-refractivity contribution in [1.29, 1.82) is 0 Å². The first-order valence-corrected chi connectivity index (χ1v) is 6.34. The summed E-state index contributed by atoms with van der Waals surface area (Å²) in [6.07, 6.45) is 5.82. The van der Waals surface area contributed by atoms with Gasteiger partial charge in [0, 0.05) is 18.6 Å². The van der Waals surface area contributed by atoms with Crippen molar-refractivity contribution >= 4 is 23.1 Å². The Hall–Kier alpha value is -2.09. The zero-order valence-corrected chi connectivity index (χ0v) is 11.9. The van der Waals surface area contributed by atoms with Crippen molar-refractivity contribution in [2.24, 2.45) is 4.99 Å². The Bertz CT molecular complexity index is 654. The number of allylic oxidation sites excluding steroid dienone is 1. The lowest BCUT2D eigenvalue weighted by Crippen LogP contribution is -1.92. The van der Waals surface area contributed by atoms with E-state index in [2.05, 4.69) is 49.2 Å². The van der Waals surface area contributed by atoms with Gasteiger partial charge >= 0.3 is 0 Å². The third kappa shape index (κ3) is 2.53. The van der Waals surface area contributed by atoms with Gasteiger partial charge in [0.05, 0.1) is 7.11 Å². The highest BCUT2D eigenvalue weighted by atomic mass is 16.5. The molecule has 0 spiro atoms. The van der Waals surface area contributed by atoms with Crippen LogP contribution in [0.4, 0.5) is 0 Å². The maximum atomic E-state index is 5.57. The van der Waals surface area contributed by atoms with Gasteiger partial charge < -0.3 is 4.74 Å². The number of ether oxygens (including phenoxy) is 1. The summed E-state index contributed by atoms with van der Waals surface area (Å²) in [5.74, 6) is 0.967. The molecule has 0 aromatic heterocycles. The van der Waals surface area contributed by atoms with E-state index in [1.807, 2.05) is 6.08 Å². The standard InChI is InChI=1S/C17H19NO/c1-12-7-8-15-10-9-14(6-5-11-18-3)13(2)16(15)17(12)19-4/h5-11H,1-4H3/b6-5-,18-11+. The molecule has 0 bridgehead atoms. The first-order chi connectivity index (χ1) is 9.19. The van der Waals surface area contributed by atoms with Crippen molar-refractivity contribution in [3.63, 3.8) is 0 Å². The lowest BCUT2D eigenvalue weighted by Gasteiger charge is -2.13. The average molecular weight is 253 g/mol. The summed E-state index contributed by atoms with van der Waals surface area (Å²) >= 11 is 0. The molecule has 2 aromatic rings. The molecule has 2 rings (SSSR count). The van der Waals surface area contributed by atoms with Crippen LogP contribution >= 0.6 is 0 Å². The molecule has 0 N–H and O–H groups in total. The van der Waals surface area contributed by atoms with Crippen LogP contribution in [0, 0.1) is 13.8 Å². The molecule has 0 aliphatic heterocycles. The Labute approximate surface area is 114 Å². The second kappa shape index (κ2) is 5.70. The number of aryl methyl sites for hydroxylation is 2. The van der Waals surface area contributed by atoms with Crippen LogP contribution in [0.1, 0.15) is 16.7 Å². The minimum Gasteiger partial charge on any atom is -0.496 e. The average Bonchev–Trinajstić information content (AvgIpc) is 2.42. The van der Waals surface area contributed by atoms with Crippen LogP contribution in [0.25, 0.3) is 16.8 Å². The third-order valence-corrected chi connectivity index (χ3v) is 3.35. The SMILES string of the molecule is C/N=C/C=C\c1ccc2ccc(C)c(OC)c2c1C. The topological polar surface area (TPSA) is 21.6 Å². The van der Waals surface area contributed by atoms with Crippen molar-refractivity contribution in [2.75, 3.05) is 14.2 Å². The largest absolute Gasteiger partial charge is 0.496 e. The maximum absolute atomic E-state index is 5.57. The first kappa shape index (κ1) is 13.3. The van der Waals surface area contributed by atoms with Crippen LogP contribution in [0.15, 0.2) is 35.3 Å². The molecule has 0 aliphatic carbocycles. The second-order valence-corrected chi connectivity index (χ2v) is 4.56. The van der Waals surface area contributed by atoms with Gasteiger partial charge in [-0.1, -0.05) is 30.3 Å². The number of benzene rings is 2. The predicted molar refractivity (Wildman–Crippen MR) is 83.4 cm³/mol.